The minimum Gasteiger partial charge on any atom is -0.311 e. The van der Waals surface area contributed by atoms with Gasteiger partial charge in [-0.25, -0.2) is 0 Å². The number of hydrazone groups is 1. The van der Waals surface area contributed by atoms with Gasteiger partial charge in [-0.05, 0) is 12.1 Å². The van der Waals surface area contributed by atoms with Crippen LogP contribution in [0.15, 0.2) is 23.3 Å². The van der Waals surface area contributed by atoms with Crippen LogP contribution in [0, 0.1) is 15.9 Å². The van der Waals surface area contributed by atoms with Crippen molar-refractivity contribution in [2.75, 3.05) is 11.6 Å². The van der Waals surface area contributed by atoms with Crippen molar-refractivity contribution >= 4 is 17.7 Å². The highest BCUT2D eigenvalue weighted by Crippen LogP contribution is 2.24. The van der Waals surface area contributed by atoms with Crippen LogP contribution in [0.25, 0.3) is 0 Å². The second-order valence-electron chi connectivity index (χ2n) is 2.92. The number of benzene rings is 1. The van der Waals surface area contributed by atoms with Gasteiger partial charge in [-0.1, -0.05) is 0 Å². The third-order valence-electron chi connectivity index (χ3n) is 1.99. The Morgan fingerprint density at radius 3 is 3.00 bits per heavy atom. The first-order valence-electron chi connectivity index (χ1n) is 4.15. The predicted molar refractivity (Wildman–Crippen MR) is 52.0 cm³/mol. The molecule has 7 heteroatoms. The second kappa shape index (κ2) is 3.52. The van der Waals surface area contributed by atoms with Crippen molar-refractivity contribution in [1.29, 1.82) is 0 Å². The fraction of sp³-hybridized carbons (Fsp3) is 0.125. The molecule has 0 saturated heterocycles. The third-order valence-corrected chi connectivity index (χ3v) is 1.99. The molecule has 1 heterocycles. The Balaban J connectivity index is 2.37. The van der Waals surface area contributed by atoms with Crippen molar-refractivity contribution in [1.82, 2.24) is 5.43 Å². The first kappa shape index (κ1) is 9.38. The van der Waals surface area contributed by atoms with Crippen LogP contribution < -0.4 is 10.3 Å². The summed E-state index contributed by atoms with van der Waals surface area (Å²) in [6.07, 6.45) is 1.48. The van der Waals surface area contributed by atoms with Gasteiger partial charge in [-0.2, -0.15) is 9.49 Å². The van der Waals surface area contributed by atoms with Gasteiger partial charge in [0.2, 0.25) is 5.82 Å². The first-order chi connectivity index (χ1) is 7.18. The van der Waals surface area contributed by atoms with E-state index in [0.29, 0.717) is 12.4 Å². The normalized spacial score (nSPS) is 14.1. The zero-order chi connectivity index (χ0) is 10.8. The second-order valence-corrected chi connectivity index (χ2v) is 2.92. The molecule has 1 N–H and O–H groups in total. The molecule has 0 amide bonds. The van der Waals surface area contributed by atoms with Crippen LogP contribution in [0.2, 0.25) is 0 Å². The fourth-order valence-corrected chi connectivity index (χ4v) is 1.25. The number of hydrogen-bond acceptors (Lipinski definition) is 5. The number of nitrogens with one attached hydrogen (secondary N) is 1. The summed E-state index contributed by atoms with van der Waals surface area (Å²) in [5.74, 6) is -0.840. The molecule has 0 saturated carbocycles. The minimum absolute atomic E-state index is 0.419. The van der Waals surface area contributed by atoms with Gasteiger partial charge in [-0.15, -0.1) is 0 Å². The van der Waals surface area contributed by atoms with Crippen LogP contribution in [0.4, 0.5) is 15.8 Å². The molecule has 0 radical (unpaired) electrons. The largest absolute Gasteiger partial charge is 0.311 e. The van der Waals surface area contributed by atoms with Gasteiger partial charge in [0.05, 0.1) is 10.6 Å². The molecule has 1 aromatic carbocycles. The Kier molecular flexibility index (Phi) is 2.20. The molecular weight excluding hydrogens is 203 g/mol. The number of nitro benzene ring substituents is 1. The van der Waals surface area contributed by atoms with E-state index in [4.69, 9.17) is 0 Å². The van der Waals surface area contributed by atoms with Crippen molar-refractivity contribution in [2.45, 2.75) is 0 Å². The predicted octanol–water partition coefficient (Wildman–Crippen LogP) is 1.04. The van der Waals surface area contributed by atoms with Crippen molar-refractivity contribution in [3.63, 3.8) is 0 Å². The van der Waals surface area contributed by atoms with Gasteiger partial charge in [0.1, 0.15) is 13.0 Å². The molecule has 0 aromatic heterocycles. The van der Waals surface area contributed by atoms with E-state index in [2.05, 4.69) is 10.5 Å². The maximum Gasteiger partial charge on any atom is 0.306 e. The Bertz CT molecular complexity index is 435. The summed E-state index contributed by atoms with van der Waals surface area (Å²) in [4.78, 5) is 11.4. The topological polar surface area (TPSA) is 70.8 Å². The summed E-state index contributed by atoms with van der Waals surface area (Å²) < 4.78 is 13.0. The lowest BCUT2D eigenvalue weighted by Crippen LogP contribution is -2.22. The highest BCUT2D eigenvalue weighted by atomic mass is 19.1. The number of hydrogen-bond donors (Lipinski definition) is 1. The Hall–Kier alpha value is -2.18. The zero-order valence-corrected chi connectivity index (χ0v) is 7.55. The molecule has 6 nitrogen and oxygen atoms in total. The summed E-state index contributed by atoms with van der Waals surface area (Å²) in [6.45, 7) is 0.419. The lowest BCUT2D eigenvalue weighted by atomic mass is 10.2. The van der Waals surface area contributed by atoms with E-state index in [-0.39, 0.29) is 0 Å². The third kappa shape index (κ3) is 1.71. The van der Waals surface area contributed by atoms with E-state index in [1.54, 1.807) is 4.90 Å². The van der Waals surface area contributed by atoms with Crippen LogP contribution in [0.1, 0.15) is 0 Å². The zero-order valence-electron chi connectivity index (χ0n) is 7.55. The molecule has 0 spiro atoms. The van der Waals surface area contributed by atoms with E-state index in [0.717, 1.165) is 6.07 Å². The number of nitrogens with zero attached hydrogens (tertiary/aromatic N) is 3. The molecule has 78 valence electrons. The molecule has 1 aliphatic heterocycles. The first-order valence-corrected chi connectivity index (χ1v) is 4.15. The van der Waals surface area contributed by atoms with Gasteiger partial charge in [-0.3, -0.25) is 15.5 Å². The number of rotatable bonds is 2. The molecule has 0 atom stereocenters. The molecule has 0 bridgehead atoms. The average molecular weight is 210 g/mol. The molecule has 15 heavy (non-hydrogen) atoms. The van der Waals surface area contributed by atoms with Crippen LogP contribution in [0.5, 0.6) is 0 Å². The standard InChI is InChI=1S/C8H7FN4O2/c9-7-2-1-6(3-8(7)13(14)15)12-4-10-11-5-12/h1-4,11H,5H2. The molecular formula is C8H7FN4O2. The average Bonchev–Trinajstić information content (AvgIpc) is 2.71. The Labute approximate surface area is 84.1 Å². The number of nitro groups is 1. The molecule has 0 fully saturated rings. The maximum atomic E-state index is 13.0. The van der Waals surface area contributed by atoms with Gasteiger partial charge >= 0.3 is 5.69 Å². The highest BCUT2D eigenvalue weighted by molar-refractivity contribution is 5.80. The lowest BCUT2D eigenvalue weighted by molar-refractivity contribution is -0.387. The molecule has 0 unspecified atom stereocenters. The van der Waals surface area contributed by atoms with E-state index in [9.17, 15) is 14.5 Å². The van der Waals surface area contributed by atoms with E-state index in [1.165, 1.54) is 18.5 Å². The fourth-order valence-electron chi connectivity index (χ4n) is 1.25. The van der Waals surface area contributed by atoms with Crippen molar-refractivity contribution in [2.24, 2.45) is 5.10 Å². The van der Waals surface area contributed by atoms with Gasteiger partial charge < -0.3 is 4.90 Å². The van der Waals surface area contributed by atoms with E-state index in [1.807, 2.05) is 0 Å². The molecule has 1 aromatic rings. The smallest absolute Gasteiger partial charge is 0.306 e. The van der Waals surface area contributed by atoms with E-state index >= 15 is 0 Å². The molecule has 0 aliphatic carbocycles. The Morgan fingerprint density at radius 1 is 1.60 bits per heavy atom. The van der Waals surface area contributed by atoms with Gasteiger partial charge in [0.25, 0.3) is 0 Å². The quantitative estimate of drug-likeness (QED) is 0.584. The van der Waals surface area contributed by atoms with Crippen molar-refractivity contribution < 1.29 is 9.31 Å². The lowest BCUT2D eigenvalue weighted by Gasteiger charge is -2.12. The molecule has 1 aliphatic rings. The highest BCUT2D eigenvalue weighted by Gasteiger charge is 2.17. The van der Waals surface area contributed by atoms with Crippen LogP contribution in [-0.4, -0.2) is 17.9 Å². The monoisotopic (exact) mass is 210 g/mol. The minimum atomic E-state index is -0.840. The van der Waals surface area contributed by atoms with Crippen LogP contribution in [0.3, 0.4) is 0 Å². The number of anilines is 1. The van der Waals surface area contributed by atoms with Crippen LogP contribution in [-0.2, 0) is 0 Å². The van der Waals surface area contributed by atoms with Crippen molar-refractivity contribution in [3.05, 3.63) is 34.1 Å². The summed E-state index contributed by atoms with van der Waals surface area (Å²) in [5, 5.41) is 14.2. The van der Waals surface area contributed by atoms with Gasteiger partial charge in [0, 0.05) is 6.07 Å². The summed E-state index contributed by atoms with van der Waals surface area (Å²) in [5.41, 5.74) is 2.66. The van der Waals surface area contributed by atoms with Gasteiger partial charge in [0.15, 0.2) is 0 Å². The van der Waals surface area contributed by atoms with E-state index < -0.39 is 16.4 Å². The molecule has 2 rings (SSSR count). The SMILES string of the molecule is O=[N+]([O-])c1cc(N2C=NNC2)ccc1F. The number of halogens is 1. The van der Waals surface area contributed by atoms with Crippen LogP contribution >= 0.6 is 0 Å². The summed E-state index contributed by atoms with van der Waals surface area (Å²) in [7, 11) is 0. The summed E-state index contributed by atoms with van der Waals surface area (Å²) in [6, 6.07) is 3.70. The maximum absolute atomic E-state index is 13.0. The van der Waals surface area contributed by atoms with Crippen molar-refractivity contribution in [3.8, 4) is 0 Å². The summed E-state index contributed by atoms with van der Waals surface area (Å²) >= 11 is 0. The Morgan fingerprint density at radius 2 is 2.40 bits per heavy atom.